The number of aryl methyl sites for hydroxylation is 1. The van der Waals surface area contributed by atoms with E-state index in [1.54, 1.807) is 0 Å². The summed E-state index contributed by atoms with van der Waals surface area (Å²) in [6.07, 6.45) is 0.762. The predicted octanol–water partition coefficient (Wildman–Crippen LogP) is 2.10. The first kappa shape index (κ1) is 15.6. The van der Waals surface area contributed by atoms with Gasteiger partial charge in [0.1, 0.15) is 5.75 Å². The average molecular weight is 291 g/mol. The number of amides is 1. The van der Waals surface area contributed by atoms with Crippen molar-refractivity contribution in [1.29, 1.82) is 0 Å². The third-order valence-electron chi connectivity index (χ3n) is 3.72. The molecular weight excluding hydrogens is 266 g/mol. The number of benzene rings is 1. The van der Waals surface area contributed by atoms with E-state index in [1.165, 1.54) is 5.69 Å². The lowest BCUT2D eigenvalue weighted by Crippen LogP contribution is -2.44. The molecule has 1 aromatic carbocycles. The number of carbonyl (C=O) groups excluding carboxylic acids is 1. The van der Waals surface area contributed by atoms with E-state index in [0.717, 1.165) is 43.2 Å². The van der Waals surface area contributed by atoms with Crippen molar-refractivity contribution in [2.75, 3.05) is 43.4 Å². The molecule has 1 amide bonds. The van der Waals surface area contributed by atoms with E-state index in [0.29, 0.717) is 6.41 Å². The molecule has 0 unspecified atom stereocenters. The Kier molecular flexibility index (Phi) is 5.07. The van der Waals surface area contributed by atoms with Gasteiger partial charge in [-0.15, -0.1) is 0 Å². The molecule has 5 nitrogen and oxygen atoms in total. The first-order valence-electron chi connectivity index (χ1n) is 7.46. The van der Waals surface area contributed by atoms with Gasteiger partial charge in [-0.25, -0.2) is 0 Å². The number of rotatable bonds is 5. The molecule has 1 aliphatic rings. The van der Waals surface area contributed by atoms with Crippen molar-refractivity contribution < 1.29 is 9.53 Å². The van der Waals surface area contributed by atoms with Crippen LogP contribution in [0.4, 0.5) is 11.4 Å². The molecule has 0 spiro atoms. The number of piperazine rings is 1. The number of nitrogens with one attached hydrogen (secondary N) is 1. The van der Waals surface area contributed by atoms with Gasteiger partial charge >= 0.3 is 0 Å². The van der Waals surface area contributed by atoms with Gasteiger partial charge in [0, 0.05) is 37.9 Å². The molecular formula is C16H25N3O2. The fourth-order valence-corrected chi connectivity index (χ4v) is 2.59. The van der Waals surface area contributed by atoms with Crippen LogP contribution in [0.3, 0.4) is 0 Å². The zero-order valence-electron chi connectivity index (χ0n) is 13.3. The van der Waals surface area contributed by atoms with E-state index >= 15 is 0 Å². The fraction of sp³-hybridized carbons (Fsp3) is 0.562. The van der Waals surface area contributed by atoms with Crippen molar-refractivity contribution in [2.45, 2.75) is 26.9 Å². The summed E-state index contributed by atoms with van der Waals surface area (Å²) >= 11 is 0. The number of nitrogens with zero attached hydrogens (tertiary/aromatic N) is 2. The molecule has 21 heavy (non-hydrogen) atoms. The number of anilines is 2. The van der Waals surface area contributed by atoms with Crippen molar-refractivity contribution in [3.05, 3.63) is 17.7 Å². The monoisotopic (exact) mass is 291 g/mol. The highest BCUT2D eigenvalue weighted by Crippen LogP contribution is 2.34. The van der Waals surface area contributed by atoms with Crippen LogP contribution in [0.5, 0.6) is 5.75 Å². The van der Waals surface area contributed by atoms with Crippen LogP contribution >= 0.6 is 0 Å². The van der Waals surface area contributed by atoms with E-state index in [9.17, 15) is 4.79 Å². The molecule has 0 atom stereocenters. The Balaban J connectivity index is 2.30. The maximum absolute atomic E-state index is 10.8. The first-order valence-corrected chi connectivity index (χ1v) is 7.46. The molecule has 1 N–H and O–H groups in total. The smallest absolute Gasteiger partial charge is 0.211 e. The van der Waals surface area contributed by atoms with Crippen molar-refractivity contribution in [1.82, 2.24) is 4.90 Å². The highest BCUT2D eigenvalue weighted by Gasteiger charge is 2.18. The van der Waals surface area contributed by atoms with Gasteiger partial charge in [0.15, 0.2) is 0 Å². The van der Waals surface area contributed by atoms with Crippen LogP contribution in [-0.4, -0.2) is 50.6 Å². The van der Waals surface area contributed by atoms with E-state index in [1.807, 2.05) is 26.0 Å². The van der Waals surface area contributed by atoms with Crippen molar-refractivity contribution >= 4 is 17.8 Å². The van der Waals surface area contributed by atoms with Crippen molar-refractivity contribution in [3.63, 3.8) is 0 Å². The van der Waals surface area contributed by atoms with E-state index in [2.05, 4.69) is 29.1 Å². The van der Waals surface area contributed by atoms with Gasteiger partial charge in [-0.2, -0.15) is 0 Å². The van der Waals surface area contributed by atoms with Gasteiger partial charge in [0.05, 0.1) is 11.8 Å². The summed E-state index contributed by atoms with van der Waals surface area (Å²) in [7, 11) is 2.15. The minimum absolute atomic E-state index is 0.0697. The summed E-state index contributed by atoms with van der Waals surface area (Å²) in [4.78, 5) is 15.5. The number of likely N-dealkylation sites (N-methyl/N-ethyl adjacent to an activating group) is 1. The fourth-order valence-electron chi connectivity index (χ4n) is 2.59. The second kappa shape index (κ2) is 6.80. The van der Waals surface area contributed by atoms with Crippen LogP contribution in [-0.2, 0) is 4.79 Å². The van der Waals surface area contributed by atoms with Gasteiger partial charge in [0.25, 0.3) is 0 Å². The second-order valence-electron chi connectivity index (χ2n) is 5.85. The lowest BCUT2D eigenvalue weighted by Gasteiger charge is -2.35. The third kappa shape index (κ3) is 3.88. The molecule has 0 aliphatic carbocycles. The number of carbonyl (C=O) groups is 1. The lowest BCUT2D eigenvalue weighted by molar-refractivity contribution is -0.105. The maximum atomic E-state index is 10.8. The molecule has 0 aromatic heterocycles. The van der Waals surface area contributed by atoms with Crippen molar-refractivity contribution in [2.24, 2.45) is 0 Å². The maximum Gasteiger partial charge on any atom is 0.211 e. The second-order valence-corrected chi connectivity index (χ2v) is 5.85. The SMILES string of the molecule is Cc1cc(NC=O)c(OC(C)C)cc1N1CCN(C)CC1. The molecule has 1 aliphatic heterocycles. The predicted molar refractivity (Wildman–Crippen MR) is 86.3 cm³/mol. The molecule has 5 heteroatoms. The Hall–Kier alpha value is -1.75. The zero-order valence-corrected chi connectivity index (χ0v) is 13.3. The lowest BCUT2D eigenvalue weighted by atomic mass is 10.1. The Morgan fingerprint density at radius 2 is 1.90 bits per heavy atom. The van der Waals surface area contributed by atoms with Gasteiger partial charge in [-0.3, -0.25) is 4.79 Å². The van der Waals surface area contributed by atoms with E-state index in [-0.39, 0.29) is 6.10 Å². The van der Waals surface area contributed by atoms with Gasteiger partial charge in [-0.1, -0.05) is 0 Å². The summed E-state index contributed by atoms with van der Waals surface area (Å²) in [5.41, 5.74) is 3.07. The van der Waals surface area contributed by atoms with Crippen LogP contribution in [0.1, 0.15) is 19.4 Å². The van der Waals surface area contributed by atoms with Crippen LogP contribution in [0.15, 0.2) is 12.1 Å². The van der Waals surface area contributed by atoms with Crippen LogP contribution in [0.2, 0.25) is 0 Å². The molecule has 0 bridgehead atoms. The van der Waals surface area contributed by atoms with E-state index < -0.39 is 0 Å². The molecule has 0 saturated carbocycles. The Bertz CT molecular complexity index is 495. The van der Waals surface area contributed by atoms with Crippen LogP contribution in [0, 0.1) is 6.92 Å². The Labute approximate surface area is 126 Å². The highest BCUT2D eigenvalue weighted by atomic mass is 16.5. The summed E-state index contributed by atoms with van der Waals surface area (Å²) in [6, 6.07) is 4.03. The zero-order chi connectivity index (χ0) is 15.4. The largest absolute Gasteiger partial charge is 0.489 e. The third-order valence-corrected chi connectivity index (χ3v) is 3.72. The number of hydrogen-bond acceptors (Lipinski definition) is 4. The van der Waals surface area contributed by atoms with Crippen LogP contribution < -0.4 is 15.0 Å². The molecule has 116 valence electrons. The van der Waals surface area contributed by atoms with Gasteiger partial charge in [0.2, 0.25) is 6.41 Å². The standard InChI is InChI=1S/C16H25N3O2/c1-12(2)21-16-10-15(13(3)9-14(16)17-11-20)19-7-5-18(4)6-8-19/h9-12H,5-8H2,1-4H3,(H,17,20). The van der Waals surface area contributed by atoms with Gasteiger partial charge < -0.3 is 19.9 Å². The molecule has 1 fully saturated rings. The van der Waals surface area contributed by atoms with Crippen LogP contribution in [0.25, 0.3) is 0 Å². The van der Waals surface area contributed by atoms with Crippen molar-refractivity contribution in [3.8, 4) is 5.75 Å². The van der Waals surface area contributed by atoms with Gasteiger partial charge in [-0.05, 0) is 39.4 Å². The number of ether oxygens (including phenoxy) is 1. The molecule has 1 heterocycles. The summed E-state index contributed by atoms with van der Waals surface area (Å²) in [5.74, 6) is 0.733. The molecule has 2 rings (SSSR count). The quantitative estimate of drug-likeness (QED) is 0.844. The van der Waals surface area contributed by atoms with E-state index in [4.69, 9.17) is 4.74 Å². The summed E-state index contributed by atoms with van der Waals surface area (Å²) < 4.78 is 5.85. The number of hydrogen-bond donors (Lipinski definition) is 1. The highest BCUT2D eigenvalue weighted by molar-refractivity contribution is 5.78. The molecule has 1 saturated heterocycles. The Morgan fingerprint density at radius 1 is 1.24 bits per heavy atom. The first-order chi connectivity index (χ1) is 10.0. The molecule has 1 aromatic rings. The Morgan fingerprint density at radius 3 is 2.48 bits per heavy atom. The minimum Gasteiger partial charge on any atom is -0.489 e. The normalized spacial score (nSPS) is 16.1. The summed E-state index contributed by atoms with van der Waals surface area (Å²) in [6.45, 7) is 10.2. The average Bonchev–Trinajstić information content (AvgIpc) is 2.42. The summed E-state index contributed by atoms with van der Waals surface area (Å²) in [5, 5.41) is 2.73. The minimum atomic E-state index is 0.0697. The topological polar surface area (TPSA) is 44.8 Å². The molecule has 0 radical (unpaired) electrons.